The number of rotatable bonds is 17. The van der Waals surface area contributed by atoms with Crippen molar-refractivity contribution in [3.63, 3.8) is 0 Å². The van der Waals surface area contributed by atoms with Gasteiger partial charge in [0.15, 0.2) is 0 Å². The number of β-amino-alcohol motifs (C(OH)–C–C–N with tert-alkyl or cyclic N) is 1. The van der Waals surface area contributed by atoms with Crippen molar-refractivity contribution in [1.82, 2.24) is 15.2 Å². The van der Waals surface area contributed by atoms with Crippen LogP contribution in [0.4, 0.5) is 0 Å². The molecule has 268 valence electrons. The molecule has 0 radical (unpaired) electrons. The summed E-state index contributed by atoms with van der Waals surface area (Å²) in [6, 6.07) is 18.1. The molecule has 0 bridgehead atoms. The topological polar surface area (TPSA) is 157 Å². The Kier molecular flexibility index (Phi) is 13.2. The molecule has 5 rings (SSSR count). The van der Waals surface area contributed by atoms with Crippen LogP contribution in [0, 0.1) is 25.2 Å². The summed E-state index contributed by atoms with van der Waals surface area (Å²) < 4.78 is 18.4. The van der Waals surface area contributed by atoms with E-state index < -0.39 is 18.6 Å². The third kappa shape index (κ3) is 10.2. The van der Waals surface area contributed by atoms with Gasteiger partial charge < -0.3 is 34.4 Å². The van der Waals surface area contributed by atoms with E-state index in [1.54, 1.807) is 24.4 Å². The van der Waals surface area contributed by atoms with Crippen molar-refractivity contribution in [3.8, 4) is 34.4 Å². The van der Waals surface area contributed by atoms with Gasteiger partial charge in [0, 0.05) is 55.8 Å². The smallest absolute Gasteiger partial charge is 0.323 e. The fraction of sp³-hybridized carbons (Fsp3) is 0.359. The van der Waals surface area contributed by atoms with Crippen LogP contribution in [0.25, 0.3) is 11.1 Å². The fourth-order valence-electron chi connectivity index (χ4n) is 6.02. The maximum absolute atomic E-state index is 11.5. The number of aliphatic hydroxyl groups is 2. The summed E-state index contributed by atoms with van der Waals surface area (Å²) in [5.74, 6) is 0.405. The SMILES string of the molecule is Cc1cc(OCCCN2CCC(O)C2)ccc1-c1cccc(COc2cc(OCc3cncc(C#N)c3)c(CNC(CO)C(=O)O)cc2Cl)c1C. The molecule has 2 atom stereocenters. The lowest BCUT2D eigenvalue weighted by molar-refractivity contribution is -0.140. The van der Waals surface area contributed by atoms with E-state index in [4.69, 9.17) is 25.8 Å². The van der Waals surface area contributed by atoms with E-state index in [9.17, 15) is 25.4 Å². The first-order chi connectivity index (χ1) is 24.6. The Hall–Kier alpha value is -4.70. The number of hydrogen-bond acceptors (Lipinski definition) is 10. The molecule has 2 heterocycles. The molecule has 12 heteroatoms. The Morgan fingerprint density at radius 2 is 1.88 bits per heavy atom. The number of ether oxygens (including phenoxy) is 3. The highest BCUT2D eigenvalue weighted by Gasteiger charge is 2.20. The lowest BCUT2D eigenvalue weighted by atomic mass is 9.93. The van der Waals surface area contributed by atoms with Gasteiger partial charge in [-0.25, -0.2) is 0 Å². The highest BCUT2D eigenvalue weighted by Crippen LogP contribution is 2.36. The summed E-state index contributed by atoms with van der Waals surface area (Å²) in [5.41, 5.74) is 6.92. The largest absolute Gasteiger partial charge is 0.494 e. The Morgan fingerprint density at radius 3 is 2.61 bits per heavy atom. The number of carboxylic acid groups (broad SMARTS) is 1. The fourth-order valence-corrected chi connectivity index (χ4v) is 6.26. The summed E-state index contributed by atoms with van der Waals surface area (Å²) in [6.07, 6.45) is 4.59. The van der Waals surface area contributed by atoms with E-state index in [-0.39, 0.29) is 25.9 Å². The Bertz CT molecular complexity index is 1860. The standard InChI is InChI=1S/C39H43ClN4O7/c1-25-13-32(49-12-4-10-44-11-9-31(46)21-44)7-8-33(25)34-6-3-5-29(26(34)2)24-51-38-16-37(50-23-28-14-27(17-41)18-42-19-28)30(15-35(38)40)20-43-36(22-45)39(47)48/h3,5-8,13-16,18-19,31,36,43,45-46H,4,9-12,20-24H2,1-2H3,(H,47,48). The van der Waals surface area contributed by atoms with E-state index in [1.165, 1.54) is 6.20 Å². The number of aliphatic carboxylic acids is 1. The van der Waals surface area contributed by atoms with Gasteiger partial charge in [0.2, 0.25) is 0 Å². The van der Waals surface area contributed by atoms with Gasteiger partial charge in [-0.15, -0.1) is 0 Å². The number of likely N-dealkylation sites (tertiary alicyclic amines) is 1. The summed E-state index contributed by atoms with van der Waals surface area (Å²) in [5, 5.41) is 40.9. The second-order valence-corrected chi connectivity index (χ2v) is 13.0. The van der Waals surface area contributed by atoms with Crippen LogP contribution in [0.5, 0.6) is 17.2 Å². The summed E-state index contributed by atoms with van der Waals surface area (Å²) >= 11 is 6.68. The molecule has 0 spiro atoms. The zero-order chi connectivity index (χ0) is 36.3. The van der Waals surface area contributed by atoms with Crippen LogP contribution in [0.15, 0.2) is 67.0 Å². The molecule has 2 unspecified atom stereocenters. The Morgan fingerprint density at radius 1 is 1.06 bits per heavy atom. The first kappa shape index (κ1) is 37.6. The molecule has 4 N–H and O–H groups in total. The van der Waals surface area contributed by atoms with Gasteiger partial charge >= 0.3 is 5.97 Å². The molecule has 4 aromatic rings. The molecule has 1 aliphatic heterocycles. The molecule has 11 nitrogen and oxygen atoms in total. The van der Waals surface area contributed by atoms with Gasteiger partial charge in [-0.3, -0.25) is 15.1 Å². The predicted molar refractivity (Wildman–Crippen MR) is 193 cm³/mol. The molecule has 0 amide bonds. The van der Waals surface area contributed by atoms with Crippen LogP contribution in [-0.4, -0.2) is 76.2 Å². The monoisotopic (exact) mass is 714 g/mol. The molecule has 3 aromatic carbocycles. The minimum atomic E-state index is -1.19. The zero-order valence-corrected chi connectivity index (χ0v) is 29.5. The van der Waals surface area contributed by atoms with Crippen molar-refractivity contribution in [1.29, 1.82) is 5.26 Å². The molecular weight excluding hydrogens is 672 g/mol. The molecule has 1 aromatic heterocycles. The van der Waals surface area contributed by atoms with Crippen molar-refractivity contribution in [2.75, 3.05) is 32.8 Å². The van der Waals surface area contributed by atoms with Crippen molar-refractivity contribution < 1.29 is 34.3 Å². The lowest BCUT2D eigenvalue weighted by Gasteiger charge is -2.19. The zero-order valence-electron chi connectivity index (χ0n) is 28.8. The molecule has 1 aliphatic rings. The van der Waals surface area contributed by atoms with Crippen LogP contribution in [0.3, 0.4) is 0 Å². The van der Waals surface area contributed by atoms with E-state index >= 15 is 0 Å². The molecule has 51 heavy (non-hydrogen) atoms. The molecule has 1 saturated heterocycles. The van der Waals surface area contributed by atoms with Crippen molar-refractivity contribution in [2.24, 2.45) is 0 Å². The van der Waals surface area contributed by atoms with Crippen molar-refractivity contribution in [3.05, 3.63) is 105 Å². The number of carbonyl (C=O) groups is 1. The number of aryl methyl sites for hydroxylation is 1. The number of carboxylic acids is 1. The number of nitriles is 1. The Balaban J connectivity index is 1.28. The summed E-state index contributed by atoms with van der Waals surface area (Å²) in [6.45, 7) is 7.11. The van der Waals surface area contributed by atoms with Crippen molar-refractivity contribution >= 4 is 17.6 Å². The third-order valence-electron chi connectivity index (χ3n) is 8.91. The molecule has 1 fully saturated rings. The van der Waals surface area contributed by atoms with E-state index in [0.29, 0.717) is 39.8 Å². The van der Waals surface area contributed by atoms with E-state index in [0.717, 1.165) is 66.0 Å². The predicted octanol–water partition coefficient (Wildman–Crippen LogP) is 5.42. The number of halogens is 1. The second-order valence-electron chi connectivity index (χ2n) is 12.6. The van der Waals surface area contributed by atoms with E-state index in [1.807, 2.05) is 18.2 Å². The lowest BCUT2D eigenvalue weighted by Crippen LogP contribution is -2.39. The molecule has 0 aliphatic carbocycles. The number of nitrogens with zero attached hydrogens (tertiary/aromatic N) is 3. The van der Waals surface area contributed by atoms with Gasteiger partial charge in [0.1, 0.15) is 42.6 Å². The molecule has 0 saturated carbocycles. The first-order valence-corrected chi connectivity index (χ1v) is 17.2. The van der Waals surface area contributed by atoms with Gasteiger partial charge in [0.05, 0.1) is 29.9 Å². The van der Waals surface area contributed by atoms with Gasteiger partial charge in [0.25, 0.3) is 0 Å². The first-order valence-electron chi connectivity index (χ1n) is 16.9. The average Bonchev–Trinajstić information content (AvgIpc) is 3.54. The number of benzene rings is 3. The van der Waals surface area contributed by atoms with Crippen LogP contribution < -0.4 is 19.5 Å². The third-order valence-corrected chi connectivity index (χ3v) is 9.20. The van der Waals surface area contributed by atoms with Crippen LogP contribution in [0.2, 0.25) is 5.02 Å². The van der Waals surface area contributed by atoms with Gasteiger partial charge in [-0.2, -0.15) is 5.26 Å². The minimum Gasteiger partial charge on any atom is -0.494 e. The minimum absolute atomic E-state index is 0.0529. The quantitative estimate of drug-likeness (QED) is 0.104. The van der Waals surface area contributed by atoms with Crippen molar-refractivity contribution in [2.45, 2.75) is 58.6 Å². The number of nitrogens with one attached hydrogen (secondary N) is 1. The van der Waals surface area contributed by atoms with Crippen LogP contribution in [0.1, 0.15) is 46.2 Å². The maximum Gasteiger partial charge on any atom is 0.323 e. The second kappa shape index (κ2) is 18.0. The Labute approximate surface area is 303 Å². The highest BCUT2D eigenvalue weighted by atomic mass is 35.5. The maximum atomic E-state index is 11.5. The van der Waals surface area contributed by atoms with E-state index in [2.05, 4.69) is 53.3 Å². The van der Waals surface area contributed by atoms with Crippen LogP contribution >= 0.6 is 11.6 Å². The number of pyridine rings is 1. The summed E-state index contributed by atoms with van der Waals surface area (Å²) in [4.78, 5) is 17.8. The van der Waals surface area contributed by atoms with Crippen LogP contribution in [-0.2, 0) is 24.6 Å². The molecular formula is C39H43ClN4O7. The van der Waals surface area contributed by atoms with Gasteiger partial charge in [-0.05, 0) is 78.8 Å². The van der Waals surface area contributed by atoms with Gasteiger partial charge in [-0.1, -0.05) is 35.9 Å². The average molecular weight is 715 g/mol. The number of aliphatic hydroxyl groups excluding tert-OH is 2. The highest BCUT2D eigenvalue weighted by molar-refractivity contribution is 6.32. The number of aromatic nitrogens is 1. The number of hydrogen-bond donors (Lipinski definition) is 4. The normalized spacial score (nSPS) is 14.9. The summed E-state index contributed by atoms with van der Waals surface area (Å²) in [7, 11) is 0.